The van der Waals surface area contributed by atoms with E-state index in [1.807, 2.05) is 12.1 Å². The highest BCUT2D eigenvalue weighted by molar-refractivity contribution is 5.95. The molecule has 0 aliphatic heterocycles. The molecule has 6 heteroatoms. The minimum atomic E-state index is -0.195. The maximum atomic E-state index is 12.2. The fraction of sp³-hybridized carbons (Fsp3) is 0.222. The van der Waals surface area contributed by atoms with Gasteiger partial charge in [-0.25, -0.2) is 0 Å². The molecule has 2 amide bonds. The monoisotopic (exact) mass is 324 g/mol. The van der Waals surface area contributed by atoms with Gasteiger partial charge in [-0.1, -0.05) is 12.6 Å². The van der Waals surface area contributed by atoms with Gasteiger partial charge in [0.15, 0.2) is 0 Å². The van der Waals surface area contributed by atoms with Crippen LogP contribution >= 0.6 is 0 Å². The normalized spacial score (nSPS) is 10.0. The van der Waals surface area contributed by atoms with Crippen molar-refractivity contribution in [1.29, 1.82) is 0 Å². The number of nitrogens with zero attached hydrogens (tertiary/aromatic N) is 2. The van der Waals surface area contributed by atoms with Crippen molar-refractivity contribution >= 4 is 11.8 Å². The van der Waals surface area contributed by atoms with Crippen molar-refractivity contribution < 1.29 is 9.59 Å². The fourth-order valence-corrected chi connectivity index (χ4v) is 2.00. The van der Waals surface area contributed by atoms with Gasteiger partial charge in [-0.3, -0.25) is 19.6 Å². The highest BCUT2D eigenvalue weighted by Gasteiger charge is 2.08. The molecule has 2 aromatic rings. The highest BCUT2D eigenvalue weighted by Crippen LogP contribution is 2.17. The molecule has 2 aromatic heterocycles. The molecule has 124 valence electrons. The second-order valence-electron chi connectivity index (χ2n) is 5.35. The number of pyridine rings is 2. The summed E-state index contributed by atoms with van der Waals surface area (Å²) in [5.74, 6) is -0.367. The number of carbonyl (C=O) groups is 2. The summed E-state index contributed by atoms with van der Waals surface area (Å²) in [6, 6.07) is 5.53. The molecular formula is C18H20N4O2. The Morgan fingerprint density at radius 1 is 1.08 bits per heavy atom. The quantitative estimate of drug-likeness (QED) is 0.602. The molecule has 0 spiro atoms. The van der Waals surface area contributed by atoms with Crippen LogP contribution in [0.25, 0.3) is 11.1 Å². The van der Waals surface area contributed by atoms with Gasteiger partial charge in [-0.2, -0.15) is 0 Å². The first kappa shape index (κ1) is 17.3. The first-order chi connectivity index (χ1) is 11.6. The van der Waals surface area contributed by atoms with E-state index < -0.39 is 0 Å². The van der Waals surface area contributed by atoms with Crippen LogP contribution in [0.15, 0.2) is 55.1 Å². The topological polar surface area (TPSA) is 84.0 Å². The predicted molar refractivity (Wildman–Crippen MR) is 92.2 cm³/mol. The van der Waals surface area contributed by atoms with E-state index in [1.165, 1.54) is 6.20 Å². The summed E-state index contributed by atoms with van der Waals surface area (Å²) >= 11 is 0. The lowest BCUT2D eigenvalue weighted by molar-refractivity contribution is -0.117. The molecule has 0 aliphatic rings. The van der Waals surface area contributed by atoms with Crippen molar-refractivity contribution in [3.8, 4) is 11.1 Å². The lowest BCUT2D eigenvalue weighted by atomic mass is 10.1. The summed E-state index contributed by atoms with van der Waals surface area (Å²) in [4.78, 5) is 31.7. The Hall–Kier alpha value is -3.02. The summed E-state index contributed by atoms with van der Waals surface area (Å²) in [5, 5.41) is 5.53. The molecule has 0 radical (unpaired) electrons. The molecule has 2 N–H and O–H groups in total. The summed E-state index contributed by atoms with van der Waals surface area (Å²) in [6.45, 7) is 6.16. The summed E-state index contributed by atoms with van der Waals surface area (Å²) in [6.07, 6.45) is 7.28. The van der Waals surface area contributed by atoms with Gasteiger partial charge in [0.25, 0.3) is 5.91 Å². The van der Waals surface area contributed by atoms with Crippen molar-refractivity contribution in [2.45, 2.75) is 13.3 Å². The smallest absolute Gasteiger partial charge is 0.252 e. The summed E-state index contributed by atoms with van der Waals surface area (Å²) in [5.41, 5.74) is 2.70. The SMILES string of the molecule is C=C(C)C(=O)NCCCNC(=O)c1cncc(-c2cccnc2)c1. The van der Waals surface area contributed by atoms with Crippen molar-refractivity contribution in [3.63, 3.8) is 0 Å². The minimum Gasteiger partial charge on any atom is -0.352 e. The lowest BCUT2D eigenvalue weighted by Crippen LogP contribution is -2.30. The van der Waals surface area contributed by atoms with Crippen LogP contribution in [-0.4, -0.2) is 34.9 Å². The third-order valence-corrected chi connectivity index (χ3v) is 3.31. The number of nitrogens with one attached hydrogen (secondary N) is 2. The maximum absolute atomic E-state index is 12.2. The molecular weight excluding hydrogens is 304 g/mol. The number of hydrogen-bond donors (Lipinski definition) is 2. The Labute approximate surface area is 141 Å². The molecule has 2 heterocycles. The Balaban J connectivity index is 1.85. The summed E-state index contributed by atoms with van der Waals surface area (Å²) in [7, 11) is 0. The molecule has 0 saturated heterocycles. The molecule has 0 fully saturated rings. The Kier molecular flexibility index (Phi) is 6.19. The van der Waals surface area contributed by atoms with E-state index in [0.29, 0.717) is 30.6 Å². The van der Waals surface area contributed by atoms with Gasteiger partial charge in [0.05, 0.1) is 5.56 Å². The average molecular weight is 324 g/mol. The molecule has 6 nitrogen and oxygen atoms in total. The number of rotatable bonds is 7. The van der Waals surface area contributed by atoms with Crippen LogP contribution in [0.3, 0.4) is 0 Å². The zero-order chi connectivity index (χ0) is 17.4. The second kappa shape index (κ2) is 8.57. The molecule has 0 atom stereocenters. The van der Waals surface area contributed by atoms with Gasteiger partial charge >= 0.3 is 0 Å². The van der Waals surface area contributed by atoms with Gasteiger partial charge in [0.2, 0.25) is 5.91 Å². The maximum Gasteiger partial charge on any atom is 0.252 e. The van der Waals surface area contributed by atoms with Gasteiger partial charge in [0.1, 0.15) is 0 Å². The van der Waals surface area contributed by atoms with Crippen LogP contribution in [0.2, 0.25) is 0 Å². The standard InChI is InChI=1S/C18H20N4O2/c1-13(2)17(23)21-7-4-8-22-18(24)16-9-15(11-20-12-16)14-5-3-6-19-10-14/h3,5-6,9-12H,1,4,7-8H2,2H3,(H,21,23)(H,22,24). The van der Waals surface area contributed by atoms with E-state index in [4.69, 9.17) is 0 Å². The van der Waals surface area contributed by atoms with E-state index in [2.05, 4.69) is 27.2 Å². The Morgan fingerprint density at radius 2 is 1.83 bits per heavy atom. The van der Waals surface area contributed by atoms with Crippen LogP contribution < -0.4 is 10.6 Å². The van der Waals surface area contributed by atoms with Crippen LogP contribution in [0.1, 0.15) is 23.7 Å². The third kappa shape index (κ3) is 5.01. The van der Waals surface area contributed by atoms with Gasteiger partial charge in [-0.05, 0) is 25.5 Å². The van der Waals surface area contributed by atoms with E-state index in [-0.39, 0.29) is 11.8 Å². The van der Waals surface area contributed by atoms with E-state index in [0.717, 1.165) is 11.1 Å². The lowest BCUT2D eigenvalue weighted by Gasteiger charge is -2.07. The average Bonchev–Trinajstić information content (AvgIpc) is 2.61. The zero-order valence-electron chi connectivity index (χ0n) is 13.6. The van der Waals surface area contributed by atoms with E-state index in [9.17, 15) is 9.59 Å². The first-order valence-electron chi connectivity index (χ1n) is 7.65. The molecule has 0 saturated carbocycles. The molecule has 0 aliphatic carbocycles. The number of hydrogen-bond acceptors (Lipinski definition) is 4. The molecule has 24 heavy (non-hydrogen) atoms. The molecule has 0 bridgehead atoms. The second-order valence-corrected chi connectivity index (χ2v) is 5.35. The van der Waals surface area contributed by atoms with Crippen molar-refractivity contribution in [1.82, 2.24) is 20.6 Å². The van der Waals surface area contributed by atoms with Gasteiger partial charge in [0, 0.05) is 54.6 Å². The Bertz CT molecular complexity index is 729. The minimum absolute atomic E-state index is 0.172. The molecule has 0 unspecified atom stereocenters. The number of carbonyl (C=O) groups excluding carboxylic acids is 2. The van der Waals surface area contributed by atoms with Crippen LogP contribution in [0.5, 0.6) is 0 Å². The number of amides is 2. The highest BCUT2D eigenvalue weighted by atomic mass is 16.2. The predicted octanol–water partition coefficient (Wildman–Crippen LogP) is 1.96. The largest absolute Gasteiger partial charge is 0.352 e. The van der Waals surface area contributed by atoms with E-state index in [1.54, 1.807) is 31.6 Å². The first-order valence-corrected chi connectivity index (χ1v) is 7.65. The molecule has 2 rings (SSSR count). The van der Waals surface area contributed by atoms with Crippen molar-refractivity contribution in [2.24, 2.45) is 0 Å². The van der Waals surface area contributed by atoms with Crippen LogP contribution in [0.4, 0.5) is 0 Å². The van der Waals surface area contributed by atoms with Gasteiger partial charge < -0.3 is 10.6 Å². The van der Waals surface area contributed by atoms with Crippen LogP contribution in [0, 0.1) is 0 Å². The third-order valence-electron chi connectivity index (χ3n) is 3.31. The van der Waals surface area contributed by atoms with Crippen LogP contribution in [-0.2, 0) is 4.79 Å². The van der Waals surface area contributed by atoms with Crippen molar-refractivity contribution in [2.75, 3.05) is 13.1 Å². The number of aromatic nitrogens is 2. The van der Waals surface area contributed by atoms with Crippen molar-refractivity contribution in [3.05, 3.63) is 60.7 Å². The Morgan fingerprint density at radius 3 is 2.54 bits per heavy atom. The van der Waals surface area contributed by atoms with Gasteiger partial charge in [-0.15, -0.1) is 0 Å². The van der Waals surface area contributed by atoms with E-state index >= 15 is 0 Å². The fourth-order valence-electron chi connectivity index (χ4n) is 2.00. The summed E-state index contributed by atoms with van der Waals surface area (Å²) < 4.78 is 0. The zero-order valence-corrected chi connectivity index (χ0v) is 13.6. The molecule has 0 aromatic carbocycles.